The number of rotatable bonds is 3. The molecule has 0 aliphatic rings. The van der Waals surface area contributed by atoms with Crippen molar-refractivity contribution in [3.05, 3.63) is 53.6 Å². The van der Waals surface area contributed by atoms with Crippen LogP contribution in [0.2, 0.25) is 0 Å². The quantitative estimate of drug-likeness (QED) is 0.907. The molecule has 0 aromatic heterocycles. The van der Waals surface area contributed by atoms with Gasteiger partial charge in [0.2, 0.25) is 0 Å². The Morgan fingerprint density at radius 1 is 1.15 bits per heavy atom. The van der Waals surface area contributed by atoms with Gasteiger partial charge >= 0.3 is 0 Å². The van der Waals surface area contributed by atoms with Crippen molar-refractivity contribution in [1.29, 1.82) is 5.26 Å². The molecule has 20 heavy (non-hydrogen) atoms. The van der Waals surface area contributed by atoms with Crippen molar-refractivity contribution in [2.75, 3.05) is 4.72 Å². The molecule has 0 saturated heterocycles. The Morgan fingerprint density at radius 2 is 1.80 bits per heavy atom. The van der Waals surface area contributed by atoms with E-state index in [1.165, 1.54) is 30.3 Å². The molecular weight excluding hydrogens is 276 g/mol. The first-order valence-electron chi connectivity index (χ1n) is 5.75. The Hall–Kier alpha value is -2.52. The minimum Gasteiger partial charge on any atom is -0.508 e. The Labute approximate surface area is 117 Å². The molecule has 6 heteroatoms. The van der Waals surface area contributed by atoms with E-state index in [-0.39, 0.29) is 21.9 Å². The van der Waals surface area contributed by atoms with Gasteiger partial charge in [-0.2, -0.15) is 5.26 Å². The number of nitriles is 1. The van der Waals surface area contributed by atoms with Crippen LogP contribution in [0.3, 0.4) is 0 Å². The van der Waals surface area contributed by atoms with Crippen molar-refractivity contribution < 1.29 is 13.5 Å². The molecule has 0 spiro atoms. The summed E-state index contributed by atoms with van der Waals surface area (Å²) in [5.41, 5.74) is 1.22. The number of hydrogen-bond donors (Lipinski definition) is 2. The average molecular weight is 288 g/mol. The van der Waals surface area contributed by atoms with Crippen molar-refractivity contribution in [3.63, 3.8) is 0 Å². The standard InChI is InChI=1S/C14H12N2O3S/c1-10-3-2-4-14(13(10)9-15)16-20(18,19)12-7-5-11(17)6-8-12/h2-8,16-17H,1H3. The van der Waals surface area contributed by atoms with E-state index in [1.54, 1.807) is 19.1 Å². The van der Waals surface area contributed by atoms with Crippen LogP contribution in [0, 0.1) is 18.3 Å². The summed E-state index contributed by atoms with van der Waals surface area (Å²) < 4.78 is 26.8. The zero-order valence-electron chi connectivity index (χ0n) is 10.7. The molecule has 0 bridgehead atoms. The van der Waals surface area contributed by atoms with Crippen molar-refractivity contribution in [1.82, 2.24) is 0 Å². The second-order valence-electron chi connectivity index (χ2n) is 4.21. The summed E-state index contributed by atoms with van der Waals surface area (Å²) in [5.74, 6) is -0.0165. The highest BCUT2D eigenvalue weighted by atomic mass is 32.2. The molecule has 102 valence electrons. The van der Waals surface area contributed by atoms with Gasteiger partial charge in [-0.05, 0) is 42.8 Å². The van der Waals surface area contributed by atoms with Gasteiger partial charge in [-0.15, -0.1) is 0 Å². The predicted octanol–water partition coefficient (Wildman–Crippen LogP) is 2.37. The molecule has 0 atom stereocenters. The van der Waals surface area contributed by atoms with E-state index in [2.05, 4.69) is 4.72 Å². The van der Waals surface area contributed by atoms with E-state index < -0.39 is 10.0 Å². The lowest BCUT2D eigenvalue weighted by Gasteiger charge is -2.10. The number of aromatic hydroxyl groups is 1. The SMILES string of the molecule is Cc1cccc(NS(=O)(=O)c2ccc(O)cc2)c1C#N. The molecule has 0 saturated carbocycles. The van der Waals surface area contributed by atoms with Crippen LogP contribution in [0.5, 0.6) is 5.75 Å². The minimum absolute atomic E-state index is 0.0145. The lowest BCUT2D eigenvalue weighted by atomic mass is 10.1. The number of benzene rings is 2. The van der Waals surface area contributed by atoms with Gasteiger partial charge in [-0.3, -0.25) is 4.72 Å². The van der Waals surface area contributed by atoms with Gasteiger partial charge in [0.1, 0.15) is 11.8 Å². The molecule has 0 amide bonds. The summed E-state index contributed by atoms with van der Waals surface area (Å²) >= 11 is 0. The zero-order chi connectivity index (χ0) is 14.8. The Kier molecular flexibility index (Phi) is 3.63. The molecule has 0 aliphatic heterocycles. The molecule has 5 nitrogen and oxygen atoms in total. The van der Waals surface area contributed by atoms with Crippen LogP contribution in [-0.2, 0) is 10.0 Å². The van der Waals surface area contributed by atoms with Crippen LogP contribution >= 0.6 is 0 Å². The normalized spacial score (nSPS) is 10.8. The molecule has 0 unspecified atom stereocenters. The third kappa shape index (κ3) is 2.73. The van der Waals surface area contributed by atoms with Crippen molar-refractivity contribution in [3.8, 4) is 11.8 Å². The molecule has 2 aromatic rings. The summed E-state index contributed by atoms with van der Waals surface area (Å²) in [7, 11) is -3.79. The zero-order valence-corrected chi connectivity index (χ0v) is 11.5. The lowest BCUT2D eigenvalue weighted by Crippen LogP contribution is -2.14. The fraction of sp³-hybridized carbons (Fsp3) is 0.0714. The predicted molar refractivity (Wildman–Crippen MR) is 74.8 cm³/mol. The number of sulfonamides is 1. The average Bonchev–Trinajstić information content (AvgIpc) is 2.39. The molecule has 2 N–H and O–H groups in total. The highest BCUT2D eigenvalue weighted by Crippen LogP contribution is 2.23. The smallest absolute Gasteiger partial charge is 0.261 e. The Bertz CT molecular complexity index is 775. The second kappa shape index (κ2) is 5.23. The number of nitrogens with one attached hydrogen (secondary N) is 1. The van der Waals surface area contributed by atoms with Crippen molar-refractivity contribution in [2.24, 2.45) is 0 Å². The fourth-order valence-corrected chi connectivity index (χ4v) is 2.80. The lowest BCUT2D eigenvalue weighted by molar-refractivity contribution is 0.475. The highest BCUT2D eigenvalue weighted by molar-refractivity contribution is 7.92. The first kappa shape index (κ1) is 13.9. The Balaban J connectivity index is 2.42. The maximum Gasteiger partial charge on any atom is 0.261 e. The molecule has 0 radical (unpaired) electrons. The summed E-state index contributed by atoms with van der Waals surface area (Å²) in [6, 6.07) is 12.1. The second-order valence-corrected chi connectivity index (χ2v) is 5.89. The fourth-order valence-electron chi connectivity index (χ4n) is 1.73. The van der Waals surface area contributed by atoms with Crippen LogP contribution in [0.25, 0.3) is 0 Å². The van der Waals surface area contributed by atoms with Gasteiger partial charge in [-0.25, -0.2) is 8.42 Å². The molecular formula is C14H12N2O3S. The summed E-state index contributed by atoms with van der Waals surface area (Å²) in [6.07, 6.45) is 0. The largest absolute Gasteiger partial charge is 0.508 e. The van der Waals surface area contributed by atoms with E-state index in [4.69, 9.17) is 5.26 Å². The van der Waals surface area contributed by atoms with Crippen molar-refractivity contribution in [2.45, 2.75) is 11.8 Å². The van der Waals surface area contributed by atoms with Crippen LogP contribution in [0.15, 0.2) is 47.4 Å². The van der Waals surface area contributed by atoms with Gasteiger partial charge in [0.05, 0.1) is 16.1 Å². The molecule has 2 aromatic carbocycles. The molecule has 2 rings (SSSR count). The van der Waals surface area contributed by atoms with E-state index in [1.807, 2.05) is 6.07 Å². The number of anilines is 1. The van der Waals surface area contributed by atoms with Gasteiger partial charge in [0, 0.05) is 0 Å². The number of nitrogens with zero attached hydrogens (tertiary/aromatic N) is 1. The van der Waals surface area contributed by atoms with E-state index in [9.17, 15) is 13.5 Å². The van der Waals surface area contributed by atoms with E-state index in [0.29, 0.717) is 5.56 Å². The van der Waals surface area contributed by atoms with E-state index in [0.717, 1.165) is 0 Å². The van der Waals surface area contributed by atoms with Crippen LogP contribution in [0.1, 0.15) is 11.1 Å². The number of hydrogen-bond acceptors (Lipinski definition) is 4. The topological polar surface area (TPSA) is 90.2 Å². The molecule has 0 aliphatic carbocycles. The van der Waals surface area contributed by atoms with Gasteiger partial charge in [-0.1, -0.05) is 12.1 Å². The maximum absolute atomic E-state index is 12.2. The first-order chi connectivity index (χ1) is 9.44. The number of aryl methyl sites for hydroxylation is 1. The third-order valence-electron chi connectivity index (χ3n) is 2.78. The first-order valence-corrected chi connectivity index (χ1v) is 7.24. The summed E-state index contributed by atoms with van der Waals surface area (Å²) in [5, 5.41) is 18.3. The highest BCUT2D eigenvalue weighted by Gasteiger charge is 2.16. The summed E-state index contributed by atoms with van der Waals surface area (Å²) in [4.78, 5) is 0.0145. The van der Waals surface area contributed by atoms with Gasteiger partial charge in [0.25, 0.3) is 10.0 Å². The van der Waals surface area contributed by atoms with Crippen molar-refractivity contribution >= 4 is 15.7 Å². The van der Waals surface area contributed by atoms with Gasteiger partial charge in [0.15, 0.2) is 0 Å². The van der Waals surface area contributed by atoms with Crippen LogP contribution in [-0.4, -0.2) is 13.5 Å². The Morgan fingerprint density at radius 3 is 2.40 bits per heavy atom. The third-order valence-corrected chi connectivity index (χ3v) is 4.16. The number of phenolic OH excluding ortho intramolecular Hbond substituents is 1. The minimum atomic E-state index is -3.79. The van der Waals surface area contributed by atoms with Crippen LogP contribution in [0.4, 0.5) is 5.69 Å². The van der Waals surface area contributed by atoms with Gasteiger partial charge < -0.3 is 5.11 Å². The van der Waals surface area contributed by atoms with Crippen LogP contribution < -0.4 is 4.72 Å². The maximum atomic E-state index is 12.2. The molecule has 0 heterocycles. The summed E-state index contributed by atoms with van der Waals surface area (Å²) in [6.45, 7) is 1.73. The molecule has 0 fully saturated rings. The van der Waals surface area contributed by atoms with E-state index >= 15 is 0 Å². The monoisotopic (exact) mass is 288 g/mol. The number of phenols is 1.